The number of aromatic nitrogens is 2. The lowest BCUT2D eigenvalue weighted by Crippen LogP contribution is -2.39. The van der Waals surface area contributed by atoms with E-state index in [-0.39, 0.29) is 6.04 Å². The zero-order valence-corrected chi connectivity index (χ0v) is 10.6. The third-order valence-electron chi connectivity index (χ3n) is 3.05. The van der Waals surface area contributed by atoms with Crippen LogP contribution < -0.4 is 11.3 Å². The normalized spacial score (nSPS) is 12.6. The minimum atomic E-state index is -0.842. The van der Waals surface area contributed by atoms with E-state index in [1.807, 2.05) is 17.8 Å². The van der Waals surface area contributed by atoms with Crippen LogP contribution in [0.4, 0.5) is 8.78 Å². The molecule has 0 spiro atoms. The summed E-state index contributed by atoms with van der Waals surface area (Å²) < 4.78 is 27.9. The van der Waals surface area contributed by atoms with Gasteiger partial charge in [0.1, 0.15) is 5.82 Å². The van der Waals surface area contributed by atoms with Gasteiger partial charge >= 0.3 is 0 Å². The van der Waals surface area contributed by atoms with Crippen LogP contribution in [0.3, 0.4) is 0 Å². The van der Waals surface area contributed by atoms with E-state index in [1.54, 1.807) is 12.3 Å². The number of imidazole rings is 1. The van der Waals surface area contributed by atoms with E-state index in [9.17, 15) is 8.78 Å². The van der Waals surface area contributed by atoms with E-state index < -0.39 is 11.6 Å². The van der Waals surface area contributed by atoms with Crippen molar-refractivity contribution in [3.8, 4) is 0 Å². The van der Waals surface area contributed by atoms with Crippen LogP contribution >= 0.6 is 0 Å². The smallest absolute Gasteiger partial charge is 0.159 e. The van der Waals surface area contributed by atoms with Crippen molar-refractivity contribution in [2.45, 2.75) is 18.9 Å². The Hall–Kier alpha value is -1.79. The Kier molecular flexibility index (Phi) is 4.24. The highest BCUT2D eigenvalue weighted by molar-refractivity contribution is 5.19. The van der Waals surface area contributed by atoms with Gasteiger partial charge in [0.15, 0.2) is 11.6 Å². The van der Waals surface area contributed by atoms with Crippen molar-refractivity contribution < 1.29 is 8.78 Å². The molecule has 6 heteroatoms. The Labute approximate surface area is 110 Å². The van der Waals surface area contributed by atoms with Crippen LogP contribution in [0.15, 0.2) is 30.6 Å². The van der Waals surface area contributed by atoms with E-state index in [1.165, 1.54) is 6.07 Å². The molecule has 0 amide bonds. The summed E-state index contributed by atoms with van der Waals surface area (Å²) in [5, 5.41) is 0. The molecule has 0 fully saturated rings. The molecule has 4 nitrogen and oxygen atoms in total. The molecule has 3 N–H and O–H groups in total. The second-order valence-electron chi connectivity index (χ2n) is 4.47. The molecule has 0 saturated heterocycles. The summed E-state index contributed by atoms with van der Waals surface area (Å²) in [7, 11) is 1.90. The fourth-order valence-corrected chi connectivity index (χ4v) is 1.95. The van der Waals surface area contributed by atoms with Gasteiger partial charge in [0, 0.05) is 31.9 Å². The van der Waals surface area contributed by atoms with E-state index in [0.717, 1.165) is 11.9 Å². The number of benzene rings is 1. The van der Waals surface area contributed by atoms with Gasteiger partial charge in [-0.15, -0.1) is 0 Å². The fraction of sp³-hybridized carbons (Fsp3) is 0.308. The van der Waals surface area contributed by atoms with E-state index >= 15 is 0 Å². The topological polar surface area (TPSA) is 55.9 Å². The first-order chi connectivity index (χ1) is 9.10. The van der Waals surface area contributed by atoms with Crippen molar-refractivity contribution in [2.75, 3.05) is 0 Å². The second-order valence-corrected chi connectivity index (χ2v) is 4.47. The molecule has 1 atom stereocenters. The van der Waals surface area contributed by atoms with Crippen molar-refractivity contribution in [3.63, 3.8) is 0 Å². The Balaban J connectivity index is 2.06. The lowest BCUT2D eigenvalue weighted by molar-refractivity contribution is 0.491. The predicted molar refractivity (Wildman–Crippen MR) is 68.1 cm³/mol. The Morgan fingerprint density at radius 2 is 2.11 bits per heavy atom. The number of hydrogen-bond donors (Lipinski definition) is 2. The van der Waals surface area contributed by atoms with Gasteiger partial charge < -0.3 is 4.57 Å². The summed E-state index contributed by atoms with van der Waals surface area (Å²) in [6, 6.07) is 3.78. The molecule has 0 aliphatic rings. The zero-order valence-electron chi connectivity index (χ0n) is 10.6. The molecule has 0 saturated carbocycles. The summed E-state index contributed by atoms with van der Waals surface area (Å²) in [5.74, 6) is 4.70. The molecule has 102 valence electrons. The summed E-state index contributed by atoms with van der Waals surface area (Å²) in [6.45, 7) is 0. The van der Waals surface area contributed by atoms with Gasteiger partial charge in [-0.05, 0) is 24.1 Å². The van der Waals surface area contributed by atoms with E-state index in [2.05, 4.69) is 10.4 Å². The van der Waals surface area contributed by atoms with Gasteiger partial charge in [-0.2, -0.15) is 0 Å². The Bertz CT molecular complexity index is 553. The van der Waals surface area contributed by atoms with Crippen LogP contribution in [0.5, 0.6) is 0 Å². The fourth-order valence-electron chi connectivity index (χ4n) is 1.95. The van der Waals surface area contributed by atoms with Gasteiger partial charge in [0.2, 0.25) is 0 Å². The number of nitrogens with zero attached hydrogens (tertiary/aromatic N) is 2. The van der Waals surface area contributed by atoms with E-state index in [4.69, 9.17) is 5.84 Å². The quantitative estimate of drug-likeness (QED) is 0.634. The molecule has 1 aromatic heterocycles. The minimum Gasteiger partial charge on any atom is -0.338 e. The largest absolute Gasteiger partial charge is 0.338 e. The average Bonchev–Trinajstić information content (AvgIpc) is 2.78. The van der Waals surface area contributed by atoms with Crippen molar-refractivity contribution in [1.29, 1.82) is 0 Å². The number of hydrogen-bond acceptors (Lipinski definition) is 3. The Morgan fingerprint density at radius 3 is 2.68 bits per heavy atom. The van der Waals surface area contributed by atoms with Crippen molar-refractivity contribution in [3.05, 3.63) is 53.6 Å². The van der Waals surface area contributed by atoms with E-state index in [0.29, 0.717) is 18.4 Å². The molecule has 1 heterocycles. The monoisotopic (exact) mass is 266 g/mol. The highest BCUT2D eigenvalue weighted by atomic mass is 19.2. The number of rotatable bonds is 5. The van der Waals surface area contributed by atoms with Crippen LogP contribution in [0, 0.1) is 11.6 Å². The molecule has 0 aliphatic carbocycles. The number of nitrogens with one attached hydrogen (secondary N) is 1. The van der Waals surface area contributed by atoms with Crippen LogP contribution in [-0.2, 0) is 19.9 Å². The van der Waals surface area contributed by atoms with Crippen molar-refractivity contribution >= 4 is 0 Å². The van der Waals surface area contributed by atoms with Gasteiger partial charge in [-0.3, -0.25) is 11.3 Å². The minimum absolute atomic E-state index is 0.0917. The molecule has 1 unspecified atom stereocenters. The van der Waals surface area contributed by atoms with Crippen LogP contribution in [0.1, 0.15) is 11.4 Å². The summed E-state index contributed by atoms with van der Waals surface area (Å²) in [6.07, 6.45) is 4.67. The first kappa shape index (κ1) is 13.6. The lowest BCUT2D eigenvalue weighted by Gasteiger charge is -2.15. The number of hydrazine groups is 1. The first-order valence-electron chi connectivity index (χ1n) is 5.96. The van der Waals surface area contributed by atoms with Crippen LogP contribution in [0.2, 0.25) is 0 Å². The maximum absolute atomic E-state index is 13.1. The third-order valence-corrected chi connectivity index (χ3v) is 3.05. The second kappa shape index (κ2) is 5.90. The highest BCUT2D eigenvalue weighted by Gasteiger charge is 2.13. The highest BCUT2D eigenvalue weighted by Crippen LogP contribution is 2.12. The number of aryl methyl sites for hydroxylation is 1. The molecule has 2 aromatic rings. The predicted octanol–water partition coefficient (Wildman–Crippen LogP) is 1.32. The van der Waals surface area contributed by atoms with Gasteiger partial charge in [-0.1, -0.05) is 6.07 Å². The maximum atomic E-state index is 13.1. The molecular weight excluding hydrogens is 250 g/mol. The zero-order chi connectivity index (χ0) is 13.8. The van der Waals surface area contributed by atoms with Crippen molar-refractivity contribution in [1.82, 2.24) is 15.0 Å². The maximum Gasteiger partial charge on any atom is 0.159 e. The SMILES string of the molecule is Cn1ccnc1CC(Cc1ccc(F)c(F)c1)NN. The Morgan fingerprint density at radius 1 is 1.32 bits per heavy atom. The molecule has 0 aliphatic heterocycles. The van der Waals surface area contributed by atoms with Crippen LogP contribution in [-0.4, -0.2) is 15.6 Å². The summed E-state index contributed by atoms with van der Waals surface area (Å²) in [4.78, 5) is 4.21. The summed E-state index contributed by atoms with van der Waals surface area (Å²) in [5.41, 5.74) is 3.37. The molecular formula is C13H16F2N4. The number of halogens is 2. The third kappa shape index (κ3) is 3.36. The van der Waals surface area contributed by atoms with Gasteiger partial charge in [0.05, 0.1) is 0 Å². The molecule has 2 rings (SSSR count). The first-order valence-corrected chi connectivity index (χ1v) is 5.96. The average molecular weight is 266 g/mol. The molecule has 19 heavy (non-hydrogen) atoms. The number of nitrogens with two attached hydrogens (primary N) is 1. The lowest BCUT2D eigenvalue weighted by atomic mass is 10.0. The molecule has 0 bridgehead atoms. The molecule has 0 radical (unpaired) electrons. The standard InChI is InChI=1S/C13H16F2N4/c1-19-5-4-17-13(19)8-10(18-16)6-9-2-3-11(14)12(15)7-9/h2-5,7,10,18H,6,8,16H2,1H3. The van der Waals surface area contributed by atoms with Crippen molar-refractivity contribution in [2.24, 2.45) is 12.9 Å². The van der Waals surface area contributed by atoms with Gasteiger partial charge in [-0.25, -0.2) is 13.8 Å². The van der Waals surface area contributed by atoms with Crippen LogP contribution in [0.25, 0.3) is 0 Å². The summed E-state index contributed by atoms with van der Waals surface area (Å²) >= 11 is 0. The molecule has 1 aromatic carbocycles. The van der Waals surface area contributed by atoms with Gasteiger partial charge in [0.25, 0.3) is 0 Å².